The Labute approximate surface area is 162 Å². The van der Waals surface area contributed by atoms with Gasteiger partial charge in [0, 0.05) is 43.6 Å². The number of ether oxygens (including phenoxy) is 2. The molecule has 1 saturated heterocycles. The van der Waals surface area contributed by atoms with Crippen LogP contribution in [0, 0.1) is 0 Å². The van der Waals surface area contributed by atoms with Crippen LogP contribution in [0.25, 0.3) is 11.3 Å². The highest BCUT2D eigenvalue weighted by Gasteiger charge is 2.21. The van der Waals surface area contributed by atoms with Crippen LogP contribution in [0.1, 0.15) is 31.9 Å². The normalized spacial score (nSPS) is 17.2. The lowest BCUT2D eigenvalue weighted by Gasteiger charge is -2.16. The molecular weight excluding hydrogens is 340 g/mol. The molecule has 2 aromatic rings. The molecule has 6 heteroatoms. The third kappa shape index (κ3) is 5.31. The predicted octanol–water partition coefficient (Wildman–Crippen LogP) is 2.95. The standard InChI is InChI=1S/C21H32N4O2/c1-16(2)27-20-7-5-17(6-8-20)21-18(13-24(4)11-10-22-3)14-25(23-21)19-9-12-26-15-19/h5-8,14,16,19,22H,9-13,15H2,1-4H3. The van der Waals surface area contributed by atoms with Crippen molar-refractivity contribution in [3.63, 3.8) is 0 Å². The van der Waals surface area contributed by atoms with E-state index in [1.54, 1.807) is 0 Å². The predicted molar refractivity (Wildman–Crippen MR) is 108 cm³/mol. The summed E-state index contributed by atoms with van der Waals surface area (Å²) in [6.45, 7) is 8.48. The van der Waals surface area contributed by atoms with Crippen molar-refractivity contribution < 1.29 is 9.47 Å². The molecule has 0 radical (unpaired) electrons. The van der Waals surface area contributed by atoms with Crippen molar-refractivity contribution in [2.75, 3.05) is 40.4 Å². The average Bonchev–Trinajstić information content (AvgIpc) is 3.30. The Bertz CT molecular complexity index is 705. The van der Waals surface area contributed by atoms with Crippen LogP contribution in [-0.2, 0) is 11.3 Å². The van der Waals surface area contributed by atoms with Crippen LogP contribution in [0.15, 0.2) is 30.5 Å². The zero-order valence-electron chi connectivity index (χ0n) is 16.9. The Morgan fingerprint density at radius 2 is 2.11 bits per heavy atom. The lowest BCUT2D eigenvalue weighted by atomic mass is 10.1. The van der Waals surface area contributed by atoms with Gasteiger partial charge in [-0.25, -0.2) is 0 Å². The van der Waals surface area contributed by atoms with Crippen molar-refractivity contribution in [2.24, 2.45) is 0 Å². The molecule has 1 aliphatic heterocycles. The highest BCUT2D eigenvalue weighted by Crippen LogP contribution is 2.28. The number of hydrogen-bond donors (Lipinski definition) is 1. The highest BCUT2D eigenvalue weighted by molar-refractivity contribution is 5.63. The van der Waals surface area contributed by atoms with Gasteiger partial charge in [0.1, 0.15) is 5.75 Å². The second-order valence-corrected chi connectivity index (χ2v) is 7.53. The van der Waals surface area contributed by atoms with Crippen LogP contribution in [0.3, 0.4) is 0 Å². The average molecular weight is 373 g/mol. The van der Waals surface area contributed by atoms with Crippen molar-refractivity contribution >= 4 is 0 Å². The summed E-state index contributed by atoms with van der Waals surface area (Å²) in [4.78, 5) is 2.32. The van der Waals surface area contributed by atoms with E-state index in [2.05, 4.69) is 40.3 Å². The van der Waals surface area contributed by atoms with Gasteiger partial charge in [-0.1, -0.05) is 0 Å². The van der Waals surface area contributed by atoms with Crippen LogP contribution >= 0.6 is 0 Å². The smallest absolute Gasteiger partial charge is 0.119 e. The topological polar surface area (TPSA) is 51.5 Å². The van der Waals surface area contributed by atoms with Gasteiger partial charge in [-0.05, 0) is 58.6 Å². The van der Waals surface area contributed by atoms with E-state index in [4.69, 9.17) is 14.6 Å². The summed E-state index contributed by atoms with van der Waals surface area (Å²) in [5.74, 6) is 0.894. The summed E-state index contributed by atoms with van der Waals surface area (Å²) in [6, 6.07) is 8.60. The lowest BCUT2D eigenvalue weighted by Crippen LogP contribution is -2.27. The van der Waals surface area contributed by atoms with E-state index in [-0.39, 0.29) is 6.10 Å². The fourth-order valence-corrected chi connectivity index (χ4v) is 3.34. The van der Waals surface area contributed by atoms with Gasteiger partial charge in [-0.3, -0.25) is 4.68 Å². The van der Waals surface area contributed by atoms with Gasteiger partial charge in [0.15, 0.2) is 0 Å². The minimum absolute atomic E-state index is 0.175. The fourth-order valence-electron chi connectivity index (χ4n) is 3.34. The molecule has 1 atom stereocenters. The van der Waals surface area contributed by atoms with Crippen LogP contribution in [0.2, 0.25) is 0 Å². The minimum atomic E-state index is 0.175. The first kappa shape index (κ1) is 19.9. The van der Waals surface area contributed by atoms with Gasteiger partial charge in [0.2, 0.25) is 0 Å². The van der Waals surface area contributed by atoms with E-state index in [1.807, 2.05) is 33.0 Å². The number of hydrogen-bond acceptors (Lipinski definition) is 5. The summed E-state index contributed by atoms with van der Waals surface area (Å²) in [5.41, 5.74) is 3.42. The van der Waals surface area contributed by atoms with Crippen molar-refractivity contribution in [2.45, 2.75) is 39.0 Å². The maximum Gasteiger partial charge on any atom is 0.119 e. The Hall–Kier alpha value is -1.89. The van der Waals surface area contributed by atoms with Crippen molar-refractivity contribution in [1.29, 1.82) is 0 Å². The third-order valence-corrected chi connectivity index (χ3v) is 4.77. The Morgan fingerprint density at radius 1 is 1.33 bits per heavy atom. The Kier molecular flexibility index (Phi) is 6.88. The van der Waals surface area contributed by atoms with Crippen molar-refractivity contribution in [1.82, 2.24) is 20.0 Å². The number of nitrogens with zero attached hydrogens (tertiary/aromatic N) is 3. The fraction of sp³-hybridized carbons (Fsp3) is 0.571. The van der Waals surface area contributed by atoms with Crippen LogP contribution in [0.5, 0.6) is 5.75 Å². The number of benzene rings is 1. The molecule has 1 aromatic carbocycles. The lowest BCUT2D eigenvalue weighted by molar-refractivity contribution is 0.184. The molecule has 1 fully saturated rings. The summed E-state index contributed by atoms with van der Waals surface area (Å²) < 4.78 is 13.4. The molecule has 1 aliphatic rings. The minimum Gasteiger partial charge on any atom is -0.491 e. The van der Waals surface area contributed by atoms with Gasteiger partial charge in [0.25, 0.3) is 0 Å². The Balaban J connectivity index is 1.84. The number of rotatable bonds is 9. The summed E-state index contributed by atoms with van der Waals surface area (Å²) >= 11 is 0. The molecule has 1 N–H and O–H groups in total. The summed E-state index contributed by atoms with van der Waals surface area (Å²) in [7, 11) is 4.13. The zero-order chi connectivity index (χ0) is 19.2. The third-order valence-electron chi connectivity index (χ3n) is 4.77. The molecule has 0 aliphatic carbocycles. The summed E-state index contributed by atoms with van der Waals surface area (Å²) in [5, 5.41) is 8.15. The van der Waals surface area contributed by atoms with Gasteiger partial charge >= 0.3 is 0 Å². The van der Waals surface area contributed by atoms with E-state index in [0.717, 1.165) is 56.3 Å². The second-order valence-electron chi connectivity index (χ2n) is 7.53. The van der Waals surface area contributed by atoms with E-state index in [0.29, 0.717) is 6.04 Å². The first-order valence-corrected chi connectivity index (χ1v) is 9.83. The van der Waals surface area contributed by atoms with E-state index in [1.165, 1.54) is 5.56 Å². The van der Waals surface area contributed by atoms with Crippen molar-refractivity contribution in [3.05, 3.63) is 36.0 Å². The van der Waals surface area contributed by atoms with Crippen LogP contribution < -0.4 is 10.1 Å². The largest absolute Gasteiger partial charge is 0.491 e. The maximum absolute atomic E-state index is 5.77. The molecule has 0 spiro atoms. The number of likely N-dealkylation sites (N-methyl/N-ethyl adjacent to an activating group) is 2. The maximum atomic E-state index is 5.77. The molecule has 1 unspecified atom stereocenters. The highest BCUT2D eigenvalue weighted by atomic mass is 16.5. The molecule has 3 rings (SSSR count). The van der Waals surface area contributed by atoms with Crippen LogP contribution in [-0.4, -0.2) is 61.2 Å². The van der Waals surface area contributed by atoms with Gasteiger partial charge in [-0.2, -0.15) is 5.10 Å². The van der Waals surface area contributed by atoms with Crippen molar-refractivity contribution in [3.8, 4) is 17.0 Å². The molecule has 2 heterocycles. The molecule has 0 saturated carbocycles. The van der Waals surface area contributed by atoms with E-state index in [9.17, 15) is 0 Å². The molecular formula is C21H32N4O2. The first-order chi connectivity index (χ1) is 13.1. The molecule has 0 amide bonds. The molecule has 0 bridgehead atoms. The van der Waals surface area contributed by atoms with Crippen LogP contribution in [0.4, 0.5) is 0 Å². The summed E-state index contributed by atoms with van der Waals surface area (Å²) in [6.07, 6.45) is 3.40. The molecule has 1 aromatic heterocycles. The quantitative estimate of drug-likeness (QED) is 0.733. The van der Waals surface area contributed by atoms with Gasteiger partial charge < -0.3 is 19.7 Å². The van der Waals surface area contributed by atoms with Gasteiger partial charge in [0.05, 0.1) is 24.4 Å². The second kappa shape index (κ2) is 9.35. The monoisotopic (exact) mass is 372 g/mol. The SMILES string of the molecule is CNCCN(C)Cc1cn(C2CCOC2)nc1-c1ccc(OC(C)C)cc1. The molecule has 27 heavy (non-hydrogen) atoms. The zero-order valence-corrected chi connectivity index (χ0v) is 16.9. The molecule has 6 nitrogen and oxygen atoms in total. The van der Waals surface area contributed by atoms with Gasteiger partial charge in [-0.15, -0.1) is 0 Å². The number of aromatic nitrogens is 2. The van der Waals surface area contributed by atoms with E-state index >= 15 is 0 Å². The Morgan fingerprint density at radius 3 is 2.74 bits per heavy atom. The van der Waals surface area contributed by atoms with E-state index < -0.39 is 0 Å². The number of nitrogens with one attached hydrogen (secondary N) is 1. The first-order valence-electron chi connectivity index (χ1n) is 9.83. The molecule has 148 valence electrons.